The maximum atomic E-state index is 13.0. The van der Waals surface area contributed by atoms with Gasteiger partial charge in [0.05, 0.1) is 5.56 Å². The number of carbonyl (C=O) groups is 1. The fourth-order valence-electron chi connectivity index (χ4n) is 1.85. The van der Waals surface area contributed by atoms with Gasteiger partial charge in [-0.05, 0) is 28.1 Å². The predicted octanol–water partition coefficient (Wildman–Crippen LogP) is 2.87. The van der Waals surface area contributed by atoms with E-state index in [9.17, 15) is 27.5 Å². The van der Waals surface area contributed by atoms with Gasteiger partial charge < -0.3 is 5.11 Å². The summed E-state index contributed by atoms with van der Waals surface area (Å²) in [5.41, 5.74) is -4.10. The first kappa shape index (κ1) is 15.9. The van der Waals surface area contributed by atoms with Crippen LogP contribution in [0.1, 0.15) is 16.8 Å². The summed E-state index contributed by atoms with van der Waals surface area (Å²) < 4.78 is 51.6. The van der Waals surface area contributed by atoms with Crippen molar-refractivity contribution in [2.24, 2.45) is 5.10 Å². The average Bonchev–Trinajstić information content (AvgIpc) is 2.78. The third-order valence-electron chi connectivity index (χ3n) is 2.93. The Balaban J connectivity index is 2.43. The summed E-state index contributed by atoms with van der Waals surface area (Å²) in [5, 5.41) is 13.1. The van der Waals surface area contributed by atoms with Crippen LogP contribution in [0.25, 0.3) is 0 Å². The summed E-state index contributed by atoms with van der Waals surface area (Å²) in [4.78, 5) is 12.2. The number of aliphatic hydroxyl groups is 1. The summed E-state index contributed by atoms with van der Waals surface area (Å²) in [7, 11) is 0. The zero-order valence-electron chi connectivity index (χ0n) is 10.3. The van der Waals surface area contributed by atoms with Crippen LogP contribution in [0.3, 0.4) is 0 Å². The van der Waals surface area contributed by atoms with Gasteiger partial charge in [0.25, 0.3) is 18.8 Å². The van der Waals surface area contributed by atoms with E-state index in [1.807, 2.05) is 0 Å². The van der Waals surface area contributed by atoms with Crippen LogP contribution in [-0.4, -0.2) is 40.3 Å². The van der Waals surface area contributed by atoms with E-state index in [0.29, 0.717) is 0 Å². The van der Waals surface area contributed by atoms with Crippen LogP contribution in [0.15, 0.2) is 33.8 Å². The molecule has 0 bridgehead atoms. The molecule has 2 rings (SSSR count). The molecule has 0 aromatic heterocycles. The van der Waals surface area contributed by atoms with E-state index >= 15 is 0 Å². The minimum atomic E-state index is -3.44. The molecular weight excluding hydrogens is 360 g/mol. The second-order valence-corrected chi connectivity index (χ2v) is 5.20. The molecule has 1 N–H and O–H groups in total. The predicted molar refractivity (Wildman–Crippen MR) is 69.3 cm³/mol. The largest absolute Gasteiger partial charge is 0.364 e. The maximum Gasteiger partial charge on any atom is 0.287 e. The van der Waals surface area contributed by atoms with Gasteiger partial charge >= 0.3 is 0 Å². The second kappa shape index (κ2) is 5.72. The van der Waals surface area contributed by atoms with Gasteiger partial charge in [0.15, 0.2) is 0 Å². The van der Waals surface area contributed by atoms with E-state index in [4.69, 9.17) is 0 Å². The number of hydrazone groups is 1. The van der Waals surface area contributed by atoms with E-state index in [-0.39, 0.29) is 15.0 Å². The smallest absolute Gasteiger partial charge is 0.287 e. The Labute approximate surface area is 125 Å². The molecule has 1 aromatic carbocycles. The van der Waals surface area contributed by atoms with Gasteiger partial charge in [-0.3, -0.25) is 4.79 Å². The number of nitrogens with zero attached hydrogens (tertiary/aromatic N) is 2. The fraction of sp³-hybridized carbons (Fsp3) is 0.333. The molecule has 1 atom stereocenters. The van der Waals surface area contributed by atoms with Gasteiger partial charge in [0, 0.05) is 10.9 Å². The molecule has 4 nitrogen and oxygen atoms in total. The van der Waals surface area contributed by atoms with Gasteiger partial charge in [-0.25, -0.2) is 17.6 Å². The molecular formula is C12H9BrF4N2O2. The molecule has 0 saturated heterocycles. The van der Waals surface area contributed by atoms with E-state index in [1.165, 1.54) is 18.2 Å². The van der Waals surface area contributed by atoms with Crippen molar-refractivity contribution in [3.05, 3.63) is 34.3 Å². The first-order valence-corrected chi connectivity index (χ1v) is 6.52. The SMILES string of the molecule is O=C(c1ccccc1Br)N1N=C(C(F)F)CC1(O)C(F)F. The van der Waals surface area contributed by atoms with Crippen LogP contribution in [0, 0.1) is 0 Å². The van der Waals surface area contributed by atoms with Crippen molar-refractivity contribution in [3.8, 4) is 0 Å². The summed E-state index contributed by atoms with van der Waals surface area (Å²) >= 11 is 3.05. The zero-order valence-corrected chi connectivity index (χ0v) is 11.9. The first-order valence-electron chi connectivity index (χ1n) is 5.72. The van der Waals surface area contributed by atoms with E-state index in [2.05, 4.69) is 21.0 Å². The number of hydrogen-bond acceptors (Lipinski definition) is 3. The zero-order chi connectivity index (χ0) is 15.8. The van der Waals surface area contributed by atoms with Crippen molar-refractivity contribution in [2.45, 2.75) is 25.0 Å². The number of amides is 1. The van der Waals surface area contributed by atoms with Crippen molar-refractivity contribution < 1.29 is 27.5 Å². The third kappa shape index (κ3) is 2.80. The van der Waals surface area contributed by atoms with E-state index in [1.54, 1.807) is 6.07 Å². The Hall–Kier alpha value is -1.48. The van der Waals surface area contributed by atoms with Crippen LogP contribution >= 0.6 is 15.9 Å². The molecule has 0 spiro atoms. The van der Waals surface area contributed by atoms with Gasteiger partial charge in [-0.15, -0.1) is 0 Å². The molecule has 1 heterocycles. The topological polar surface area (TPSA) is 52.9 Å². The first-order chi connectivity index (χ1) is 9.77. The lowest BCUT2D eigenvalue weighted by atomic mass is 10.1. The Bertz CT molecular complexity index is 596. The lowest BCUT2D eigenvalue weighted by molar-refractivity contribution is -0.164. The molecule has 1 aromatic rings. The van der Waals surface area contributed by atoms with E-state index < -0.39 is 36.6 Å². The highest BCUT2D eigenvalue weighted by molar-refractivity contribution is 9.10. The number of alkyl halides is 4. The molecule has 9 heteroatoms. The molecule has 21 heavy (non-hydrogen) atoms. The van der Waals surface area contributed by atoms with Crippen LogP contribution in [0.5, 0.6) is 0 Å². The minimum absolute atomic E-state index is 0.0270. The van der Waals surface area contributed by atoms with Crippen molar-refractivity contribution in [2.75, 3.05) is 0 Å². The van der Waals surface area contributed by atoms with Crippen molar-refractivity contribution in [3.63, 3.8) is 0 Å². The van der Waals surface area contributed by atoms with Gasteiger partial charge in [0.2, 0.25) is 5.72 Å². The highest BCUT2D eigenvalue weighted by atomic mass is 79.9. The quantitative estimate of drug-likeness (QED) is 0.834. The fourth-order valence-corrected chi connectivity index (χ4v) is 2.31. The molecule has 1 unspecified atom stereocenters. The summed E-state index contributed by atoms with van der Waals surface area (Å²) in [5.74, 6) is -1.10. The highest BCUT2D eigenvalue weighted by Gasteiger charge is 2.53. The highest BCUT2D eigenvalue weighted by Crippen LogP contribution is 2.35. The molecule has 1 aliphatic heterocycles. The number of hydrogen-bond donors (Lipinski definition) is 1. The lowest BCUT2D eigenvalue weighted by Crippen LogP contribution is -2.51. The minimum Gasteiger partial charge on any atom is -0.364 e. The number of carbonyl (C=O) groups excluding carboxylic acids is 1. The van der Waals surface area contributed by atoms with Crippen molar-refractivity contribution in [1.29, 1.82) is 0 Å². The second-order valence-electron chi connectivity index (χ2n) is 4.34. The van der Waals surface area contributed by atoms with Gasteiger partial charge in [-0.2, -0.15) is 10.1 Å². The molecule has 0 saturated carbocycles. The van der Waals surface area contributed by atoms with E-state index in [0.717, 1.165) is 0 Å². The Morgan fingerprint density at radius 1 is 1.33 bits per heavy atom. The lowest BCUT2D eigenvalue weighted by Gasteiger charge is -2.30. The third-order valence-corrected chi connectivity index (χ3v) is 3.63. The Morgan fingerprint density at radius 2 is 1.95 bits per heavy atom. The standard InChI is InChI=1S/C12H9BrF4N2O2/c13-7-4-2-1-3-6(7)10(20)19-12(21,11(16)17)5-8(18-19)9(14)15/h1-4,9,11,21H,5H2. The molecule has 1 aliphatic rings. The van der Waals surface area contributed by atoms with Gasteiger partial charge in [0.1, 0.15) is 5.71 Å². The molecule has 0 aliphatic carbocycles. The maximum absolute atomic E-state index is 13.0. The Morgan fingerprint density at radius 3 is 2.48 bits per heavy atom. The van der Waals surface area contributed by atoms with Crippen LogP contribution in [-0.2, 0) is 0 Å². The van der Waals surface area contributed by atoms with Crippen LogP contribution < -0.4 is 0 Å². The summed E-state index contributed by atoms with van der Waals surface area (Å²) in [6.45, 7) is 0. The molecule has 0 radical (unpaired) electrons. The van der Waals surface area contributed by atoms with Crippen LogP contribution in [0.4, 0.5) is 17.6 Å². The normalized spacial score (nSPS) is 22.1. The molecule has 1 amide bonds. The Kier molecular flexibility index (Phi) is 4.33. The average molecular weight is 369 g/mol. The van der Waals surface area contributed by atoms with Crippen LogP contribution in [0.2, 0.25) is 0 Å². The molecule has 114 valence electrons. The number of rotatable bonds is 3. The summed E-state index contributed by atoms with van der Waals surface area (Å²) in [6, 6.07) is 5.82. The summed E-state index contributed by atoms with van der Waals surface area (Å²) in [6.07, 6.45) is -7.67. The number of benzene rings is 1. The monoisotopic (exact) mass is 368 g/mol. The van der Waals surface area contributed by atoms with Gasteiger partial charge in [-0.1, -0.05) is 12.1 Å². The number of halogens is 5. The molecule has 0 fully saturated rings. The van der Waals surface area contributed by atoms with Crippen molar-refractivity contribution >= 4 is 27.5 Å². The van der Waals surface area contributed by atoms with Crippen molar-refractivity contribution in [1.82, 2.24) is 5.01 Å².